The summed E-state index contributed by atoms with van der Waals surface area (Å²) < 4.78 is 0. The Hall–Kier alpha value is -4.30. The van der Waals surface area contributed by atoms with E-state index in [0.29, 0.717) is 0 Å². The molecule has 0 radical (unpaired) electrons. The lowest BCUT2D eigenvalue weighted by molar-refractivity contribution is 1.52. The van der Waals surface area contributed by atoms with E-state index in [4.69, 9.17) is 0 Å². The monoisotopic (exact) mass is 408 g/mol. The van der Waals surface area contributed by atoms with Gasteiger partial charge >= 0.3 is 0 Å². The van der Waals surface area contributed by atoms with Crippen molar-refractivity contribution in [2.24, 2.45) is 0 Å². The van der Waals surface area contributed by atoms with Crippen molar-refractivity contribution < 1.29 is 0 Å². The third-order valence-corrected chi connectivity index (χ3v) is 6.56. The molecule has 0 unspecified atom stereocenters. The van der Waals surface area contributed by atoms with Crippen LogP contribution in [0.5, 0.6) is 0 Å². The molecule has 7 rings (SSSR count). The van der Waals surface area contributed by atoms with Crippen molar-refractivity contribution in [2.45, 2.75) is 0 Å². The number of para-hydroxylation sites is 2. The predicted octanol–water partition coefficient (Wildman–Crippen LogP) is 8.29. The maximum Gasteiger partial charge on any atom is 0.0550 e. The van der Waals surface area contributed by atoms with Crippen LogP contribution in [0, 0.1) is 0 Å². The number of hydrogen-bond acceptors (Lipinski definition) is 0. The van der Waals surface area contributed by atoms with Crippen LogP contribution in [-0.4, -0.2) is 9.97 Å². The van der Waals surface area contributed by atoms with Gasteiger partial charge in [0.2, 0.25) is 0 Å². The Morgan fingerprint density at radius 2 is 1.06 bits per heavy atom. The molecule has 2 heterocycles. The summed E-state index contributed by atoms with van der Waals surface area (Å²) in [7, 11) is 0. The van der Waals surface area contributed by atoms with E-state index >= 15 is 0 Å². The van der Waals surface area contributed by atoms with Crippen LogP contribution in [-0.2, 0) is 0 Å². The van der Waals surface area contributed by atoms with Gasteiger partial charge in [-0.3, -0.25) is 0 Å². The molecule has 0 amide bonds. The minimum absolute atomic E-state index is 1.17. The van der Waals surface area contributed by atoms with Gasteiger partial charge in [0.15, 0.2) is 0 Å². The number of H-pyrrole nitrogens is 2. The summed E-state index contributed by atoms with van der Waals surface area (Å²) >= 11 is 0. The van der Waals surface area contributed by atoms with Crippen molar-refractivity contribution >= 4 is 43.6 Å². The van der Waals surface area contributed by atoms with E-state index in [-0.39, 0.29) is 0 Å². The van der Waals surface area contributed by atoms with Gasteiger partial charge in [0.25, 0.3) is 0 Å². The van der Waals surface area contributed by atoms with Crippen LogP contribution in [0.25, 0.3) is 65.9 Å². The van der Waals surface area contributed by atoms with Gasteiger partial charge in [-0.15, -0.1) is 0 Å². The molecule has 0 saturated heterocycles. The second kappa shape index (κ2) is 6.60. The van der Waals surface area contributed by atoms with Gasteiger partial charge in [-0.1, -0.05) is 84.9 Å². The van der Waals surface area contributed by atoms with E-state index < -0.39 is 0 Å². The highest BCUT2D eigenvalue weighted by Gasteiger charge is 2.16. The molecule has 7 aromatic rings. The Labute approximate surface area is 185 Å². The number of aromatic nitrogens is 2. The molecule has 0 aliphatic carbocycles. The van der Waals surface area contributed by atoms with E-state index in [9.17, 15) is 0 Å². The zero-order valence-corrected chi connectivity index (χ0v) is 17.4. The fourth-order valence-corrected chi connectivity index (χ4v) is 5.08. The average molecular weight is 409 g/mol. The normalized spacial score (nSPS) is 11.8. The van der Waals surface area contributed by atoms with Gasteiger partial charge in [0.1, 0.15) is 0 Å². The minimum Gasteiger partial charge on any atom is -0.355 e. The summed E-state index contributed by atoms with van der Waals surface area (Å²) in [5.41, 5.74) is 9.64. The molecule has 0 atom stereocenters. The van der Waals surface area contributed by atoms with Gasteiger partial charge in [-0.2, -0.15) is 0 Å². The third-order valence-electron chi connectivity index (χ3n) is 6.56. The average Bonchev–Trinajstić information content (AvgIpc) is 3.42. The van der Waals surface area contributed by atoms with E-state index in [2.05, 4.69) is 119 Å². The van der Waals surface area contributed by atoms with Crippen molar-refractivity contribution in [2.75, 3.05) is 0 Å². The molecule has 2 nitrogen and oxygen atoms in total. The molecule has 0 aliphatic heterocycles. The number of hydrogen-bond donors (Lipinski definition) is 2. The molecule has 0 fully saturated rings. The van der Waals surface area contributed by atoms with E-state index in [1.54, 1.807) is 0 Å². The van der Waals surface area contributed by atoms with Crippen molar-refractivity contribution in [3.63, 3.8) is 0 Å². The van der Waals surface area contributed by atoms with Crippen molar-refractivity contribution in [3.05, 3.63) is 109 Å². The smallest absolute Gasteiger partial charge is 0.0550 e. The molecular weight excluding hydrogens is 388 g/mol. The molecule has 0 aliphatic rings. The minimum atomic E-state index is 1.17. The Balaban J connectivity index is 1.58. The third kappa shape index (κ3) is 2.47. The lowest BCUT2D eigenvalue weighted by Crippen LogP contribution is -1.88. The Kier molecular flexibility index (Phi) is 3.58. The van der Waals surface area contributed by atoms with E-state index in [1.165, 1.54) is 65.9 Å². The van der Waals surface area contributed by atoms with Gasteiger partial charge in [-0.25, -0.2) is 0 Å². The first-order chi connectivity index (χ1) is 15.9. The molecule has 0 spiro atoms. The summed E-state index contributed by atoms with van der Waals surface area (Å²) in [5, 5.41) is 5.04. The summed E-state index contributed by atoms with van der Waals surface area (Å²) in [6, 6.07) is 39.1. The number of nitrogens with one attached hydrogen (secondary N) is 2. The first-order valence-corrected chi connectivity index (χ1v) is 11.0. The molecule has 32 heavy (non-hydrogen) atoms. The molecule has 2 aromatic heterocycles. The van der Waals surface area contributed by atoms with Crippen LogP contribution < -0.4 is 0 Å². The van der Waals surface area contributed by atoms with Crippen molar-refractivity contribution in [3.8, 4) is 22.3 Å². The lowest BCUT2D eigenvalue weighted by atomic mass is 9.91. The second-order valence-electron chi connectivity index (χ2n) is 8.38. The summed E-state index contributed by atoms with van der Waals surface area (Å²) in [5.74, 6) is 0. The zero-order chi connectivity index (χ0) is 21.1. The molecule has 2 N–H and O–H groups in total. The molecule has 2 heteroatoms. The van der Waals surface area contributed by atoms with Gasteiger partial charge < -0.3 is 9.97 Å². The first-order valence-electron chi connectivity index (χ1n) is 11.0. The van der Waals surface area contributed by atoms with Crippen molar-refractivity contribution in [1.82, 2.24) is 9.97 Å². The van der Waals surface area contributed by atoms with Crippen LogP contribution in [0.2, 0.25) is 0 Å². The maximum absolute atomic E-state index is 3.71. The quantitative estimate of drug-likeness (QED) is 0.288. The second-order valence-corrected chi connectivity index (χ2v) is 8.38. The highest BCUT2D eigenvalue weighted by molar-refractivity contribution is 6.15. The molecule has 0 saturated carbocycles. The number of aromatic amines is 2. The molecule has 0 bridgehead atoms. The SMILES string of the molecule is c1ccc(-c2c(-c3ccc4[nH]c5ccccc5c4c3)ccc3c2[nH]c2ccccc23)cc1. The van der Waals surface area contributed by atoms with E-state index in [1.807, 2.05) is 0 Å². The van der Waals surface area contributed by atoms with Crippen LogP contribution in [0.15, 0.2) is 109 Å². The van der Waals surface area contributed by atoms with Crippen LogP contribution in [0.1, 0.15) is 0 Å². The number of rotatable bonds is 2. The Bertz CT molecular complexity index is 1770. The van der Waals surface area contributed by atoms with E-state index in [0.717, 1.165) is 0 Å². The summed E-state index contributed by atoms with van der Waals surface area (Å²) in [6.07, 6.45) is 0. The standard InChI is InChI=1S/C30H20N2/c1-2-8-19(9-3-1)29-21(15-16-24-22-10-4-7-13-27(22)32-30(24)29)20-14-17-28-25(18-20)23-11-5-6-12-26(23)31-28/h1-18,31-32H. The fraction of sp³-hybridized carbons (Fsp3) is 0. The fourth-order valence-electron chi connectivity index (χ4n) is 5.08. The van der Waals surface area contributed by atoms with Gasteiger partial charge in [-0.05, 0) is 41.0 Å². The molecule has 150 valence electrons. The van der Waals surface area contributed by atoms with Crippen LogP contribution in [0.3, 0.4) is 0 Å². The van der Waals surface area contributed by atoms with Gasteiger partial charge in [0.05, 0.1) is 5.52 Å². The summed E-state index contributed by atoms with van der Waals surface area (Å²) in [6.45, 7) is 0. The molecule has 5 aromatic carbocycles. The first kappa shape index (κ1) is 17.4. The predicted molar refractivity (Wildman–Crippen MR) is 136 cm³/mol. The Morgan fingerprint density at radius 1 is 0.406 bits per heavy atom. The van der Waals surface area contributed by atoms with Crippen LogP contribution >= 0.6 is 0 Å². The lowest BCUT2D eigenvalue weighted by Gasteiger charge is -2.12. The largest absolute Gasteiger partial charge is 0.355 e. The summed E-state index contributed by atoms with van der Waals surface area (Å²) in [4.78, 5) is 7.26. The topological polar surface area (TPSA) is 31.6 Å². The van der Waals surface area contributed by atoms with Crippen LogP contribution in [0.4, 0.5) is 0 Å². The number of fused-ring (bicyclic) bond motifs is 6. The highest BCUT2D eigenvalue weighted by atomic mass is 14.7. The zero-order valence-electron chi connectivity index (χ0n) is 17.4. The maximum atomic E-state index is 3.71. The Morgan fingerprint density at radius 3 is 1.88 bits per heavy atom. The number of benzene rings is 5. The highest BCUT2D eigenvalue weighted by Crippen LogP contribution is 2.41. The van der Waals surface area contributed by atoms with Gasteiger partial charge in [0, 0.05) is 43.7 Å². The van der Waals surface area contributed by atoms with Crippen molar-refractivity contribution in [1.29, 1.82) is 0 Å². The molecular formula is C30H20N2.